The molecule has 1 N–H and O–H groups in total. The first-order valence-electron chi connectivity index (χ1n) is 10.5. The van der Waals surface area contributed by atoms with Gasteiger partial charge < -0.3 is 14.8 Å². The summed E-state index contributed by atoms with van der Waals surface area (Å²) in [5.41, 5.74) is 1.58. The lowest BCUT2D eigenvalue weighted by Crippen LogP contribution is -2.28. The van der Waals surface area contributed by atoms with Gasteiger partial charge in [0.05, 0.1) is 25.4 Å². The molecule has 0 spiro atoms. The van der Waals surface area contributed by atoms with Crippen LogP contribution in [0.1, 0.15) is 69.9 Å². The molecular weight excluding hydrogens is 356 g/mol. The summed E-state index contributed by atoms with van der Waals surface area (Å²) >= 11 is 0. The largest absolute Gasteiger partial charge is 0.379 e. The van der Waals surface area contributed by atoms with E-state index in [4.69, 9.17) is 9.47 Å². The standard InChI is InChI=1S/C22H34N2O4.H2/c1-4-27-13-14-28-12-11-23-22(26)19-9-10-20(24-15-19)17-5-7-18(8-6-17)21(25)16(2)3;/h9-10,15-18H,4-8,11-14H2,1-3H3,(H,23,26);1H. The molecule has 0 atom stereocenters. The van der Waals surface area contributed by atoms with Gasteiger partial charge in [0.15, 0.2) is 0 Å². The highest BCUT2D eigenvalue weighted by molar-refractivity contribution is 5.93. The Labute approximate surface area is 169 Å². The second-order valence-corrected chi connectivity index (χ2v) is 7.64. The number of carbonyl (C=O) groups is 2. The molecular formula is C22H36N2O4. The third-order valence-electron chi connectivity index (χ3n) is 5.27. The van der Waals surface area contributed by atoms with E-state index in [1.54, 1.807) is 6.20 Å². The number of aromatic nitrogens is 1. The van der Waals surface area contributed by atoms with Crippen LogP contribution in [0.2, 0.25) is 0 Å². The Bertz CT molecular complexity index is 614. The number of pyridine rings is 1. The molecule has 1 fully saturated rings. The van der Waals surface area contributed by atoms with Crippen molar-refractivity contribution in [3.8, 4) is 0 Å². The normalized spacial score (nSPS) is 19.6. The van der Waals surface area contributed by atoms with E-state index >= 15 is 0 Å². The van der Waals surface area contributed by atoms with Crippen LogP contribution in [0.3, 0.4) is 0 Å². The lowest BCUT2D eigenvalue weighted by atomic mass is 9.76. The third kappa shape index (κ3) is 6.99. The molecule has 28 heavy (non-hydrogen) atoms. The molecule has 1 aromatic rings. The Balaban J connectivity index is 0.00000420. The fraction of sp³-hybridized carbons (Fsp3) is 0.682. The van der Waals surface area contributed by atoms with Crippen molar-refractivity contribution in [3.63, 3.8) is 0 Å². The molecule has 1 amide bonds. The minimum Gasteiger partial charge on any atom is -0.379 e. The topological polar surface area (TPSA) is 77.5 Å². The van der Waals surface area contributed by atoms with E-state index in [1.165, 1.54) is 0 Å². The summed E-state index contributed by atoms with van der Waals surface area (Å²) in [5.74, 6) is 0.954. The number of carbonyl (C=O) groups excluding carboxylic acids is 2. The van der Waals surface area contributed by atoms with Gasteiger partial charge in [-0.15, -0.1) is 0 Å². The maximum atomic E-state index is 12.2. The number of ketones is 1. The highest BCUT2D eigenvalue weighted by Gasteiger charge is 2.28. The van der Waals surface area contributed by atoms with Gasteiger partial charge in [-0.25, -0.2) is 0 Å². The van der Waals surface area contributed by atoms with Gasteiger partial charge in [-0.3, -0.25) is 14.6 Å². The van der Waals surface area contributed by atoms with Crippen LogP contribution in [-0.2, 0) is 14.3 Å². The van der Waals surface area contributed by atoms with Gasteiger partial charge in [-0.05, 0) is 44.7 Å². The van der Waals surface area contributed by atoms with Crippen LogP contribution in [0.5, 0.6) is 0 Å². The summed E-state index contributed by atoms with van der Waals surface area (Å²) in [6.45, 7) is 8.61. The fourth-order valence-corrected chi connectivity index (χ4v) is 3.63. The van der Waals surface area contributed by atoms with Crippen molar-refractivity contribution >= 4 is 11.7 Å². The van der Waals surface area contributed by atoms with Crippen LogP contribution >= 0.6 is 0 Å². The lowest BCUT2D eigenvalue weighted by molar-refractivity contribution is -0.126. The molecule has 0 aliphatic heterocycles. The Morgan fingerprint density at radius 3 is 2.46 bits per heavy atom. The van der Waals surface area contributed by atoms with Crippen molar-refractivity contribution in [2.24, 2.45) is 11.8 Å². The van der Waals surface area contributed by atoms with Crippen LogP contribution in [0.15, 0.2) is 18.3 Å². The summed E-state index contributed by atoms with van der Waals surface area (Å²) in [6.07, 6.45) is 5.50. The van der Waals surface area contributed by atoms with Gasteiger partial charge in [0, 0.05) is 44.2 Å². The van der Waals surface area contributed by atoms with Crippen LogP contribution in [0.25, 0.3) is 0 Å². The number of nitrogens with one attached hydrogen (secondary N) is 1. The monoisotopic (exact) mass is 392 g/mol. The molecule has 158 valence electrons. The summed E-state index contributed by atoms with van der Waals surface area (Å²) in [6, 6.07) is 3.78. The van der Waals surface area contributed by atoms with E-state index in [9.17, 15) is 9.59 Å². The van der Waals surface area contributed by atoms with Gasteiger partial charge in [0.2, 0.25) is 0 Å². The zero-order valence-electron chi connectivity index (χ0n) is 17.4. The molecule has 0 radical (unpaired) electrons. The average molecular weight is 393 g/mol. The number of nitrogens with zero attached hydrogens (tertiary/aromatic N) is 1. The molecule has 0 unspecified atom stereocenters. The maximum Gasteiger partial charge on any atom is 0.252 e. The molecule has 1 aromatic heterocycles. The van der Waals surface area contributed by atoms with E-state index in [1.807, 2.05) is 32.9 Å². The van der Waals surface area contributed by atoms with E-state index in [0.717, 1.165) is 31.4 Å². The predicted octanol–water partition coefficient (Wildman–Crippen LogP) is 3.61. The van der Waals surface area contributed by atoms with Crippen LogP contribution < -0.4 is 5.32 Å². The van der Waals surface area contributed by atoms with Gasteiger partial charge in [-0.2, -0.15) is 0 Å². The number of amides is 1. The zero-order chi connectivity index (χ0) is 20.4. The van der Waals surface area contributed by atoms with Crippen molar-refractivity contribution < 1.29 is 20.5 Å². The molecule has 0 saturated heterocycles. The molecule has 6 nitrogen and oxygen atoms in total. The van der Waals surface area contributed by atoms with E-state index in [0.29, 0.717) is 50.2 Å². The summed E-state index contributed by atoms with van der Waals surface area (Å²) in [5, 5.41) is 2.84. The summed E-state index contributed by atoms with van der Waals surface area (Å²) in [7, 11) is 0. The van der Waals surface area contributed by atoms with Crippen molar-refractivity contribution in [2.45, 2.75) is 52.4 Å². The number of rotatable bonds is 11. The van der Waals surface area contributed by atoms with Gasteiger partial charge in [0.25, 0.3) is 5.91 Å². The summed E-state index contributed by atoms with van der Waals surface area (Å²) in [4.78, 5) is 28.9. The van der Waals surface area contributed by atoms with Crippen molar-refractivity contribution in [2.75, 3.05) is 33.0 Å². The van der Waals surface area contributed by atoms with E-state index in [-0.39, 0.29) is 19.2 Å². The van der Waals surface area contributed by atoms with E-state index < -0.39 is 0 Å². The van der Waals surface area contributed by atoms with Crippen LogP contribution in [0, 0.1) is 11.8 Å². The quantitative estimate of drug-likeness (QED) is 0.582. The Morgan fingerprint density at radius 1 is 1.14 bits per heavy atom. The maximum absolute atomic E-state index is 12.2. The predicted molar refractivity (Wildman–Crippen MR) is 111 cm³/mol. The minimum absolute atomic E-state index is 0. The third-order valence-corrected chi connectivity index (χ3v) is 5.27. The molecule has 1 aliphatic rings. The molecule has 2 rings (SSSR count). The molecule has 0 aromatic carbocycles. The SMILES string of the molecule is CCOCCOCCNC(=O)c1ccc(C2CCC(C(=O)C(C)C)CC2)nc1.[HH]. The first-order valence-corrected chi connectivity index (χ1v) is 10.5. The number of Topliss-reactive ketones (excluding diaryl/α,β-unsaturated/α-hetero) is 1. The average Bonchev–Trinajstić information content (AvgIpc) is 2.72. The second kappa shape index (κ2) is 11.9. The van der Waals surface area contributed by atoms with Crippen LogP contribution in [-0.4, -0.2) is 49.6 Å². The Hall–Kier alpha value is -1.79. The van der Waals surface area contributed by atoms with Gasteiger partial charge in [-0.1, -0.05) is 13.8 Å². The van der Waals surface area contributed by atoms with E-state index in [2.05, 4.69) is 10.3 Å². The lowest BCUT2D eigenvalue weighted by Gasteiger charge is -2.28. The number of hydrogen-bond acceptors (Lipinski definition) is 5. The Kier molecular flexibility index (Phi) is 9.58. The second-order valence-electron chi connectivity index (χ2n) is 7.64. The fourth-order valence-electron chi connectivity index (χ4n) is 3.63. The number of ether oxygens (including phenoxy) is 2. The smallest absolute Gasteiger partial charge is 0.252 e. The van der Waals surface area contributed by atoms with Gasteiger partial charge in [0.1, 0.15) is 5.78 Å². The zero-order valence-corrected chi connectivity index (χ0v) is 17.4. The first kappa shape index (κ1) is 22.5. The molecule has 1 saturated carbocycles. The molecule has 6 heteroatoms. The van der Waals surface area contributed by atoms with Crippen molar-refractivity contribution in [3.05, 3.63) is 29.6 Å². The molecule has 1 heterocycles. The van der Waals surface area contributed by atoms with Crippen LogP contribution in [0.4, 0.5) is 0 Å². The first-order chi connectivity index (χ1) is 13.5. The number of hydrogen-bond donors (Lipinski definition) is 1. The summed E-state index contributed by atoms with van der Waals surface area (Å²) < 4.78 is 10.6. The highest BCUT2D eigenvalue weighted by Crippen LogP contribution is 2.36. The van der Waals surface area contributed by atoms with Gasteiger partial charge >= 0.3 is 0 Å². The van der Waals surface area contributed by atoms with Crippen molar-refractivity contribution in [1.82, 2.24) is 10.3 Å². The molecule has 1 aliphatic carbocycles. The highest BCUT2D eigenvalue weighted by atomic mass is 16.5. The molecule has 0 bridgehead atoms. The Morgan fingerprint density at radius 2 is 1.86 bits per heavy atom. The minimum atomic E-state index is -0.140. The van der Waals surface area contributed by atoms with Crippen molar-refractivity contribution in [1.29, 1.82) is 0 Å².